The number of aliphatic hydroxyl groups is 2. The van der Waals surface area contributed by atoms with Crippen molar-refractivity contribution in [3.63, 3.8) is 0 Å². The van der Waals surface area contributed by atoms with E-state index in [0.717, 1.165) is 47.6 Å². The second-order valence-corrected chi connectivity index (χ2v) is 17.3. The van der Waals surface area contributed by atoms with Gasteiger partial charge >= 0.3 is 6.03 Å². The van der Waals surface area contributed by atoms with Crippen LogP contribution >= 0.6 is 0 Å². The Morgan fingerprint density at radius 3 is 2.41 bits per heavy atom. The predicted molar refractivity (Wildman–Crippen MR) is 208 cm³/mol. The number of anilines is 1. The number of nitrogens with zero attached hydrogens (tertiary/aromatic N) is 1. The Kier molecular flexibility index (Phi) is 8.07. The molecule has 0 aliphatic heterocycles. The number of carbonyl (C=O) groups excluding carboxylic acids is 2. The number of benzene rings is 3. The molecule has 3 aromatic carbocycles. The summed E-state index contributed by atoms with van der Waals surface area (Å²) < 4.78 is 11.1. The van der Waals surface area contributed by atoms with Gasteiger partial charge in [0.25, 0.3) is 0 Å². The number of rotatable bonds is 8. The molecule has 3 N–H and O–H groups in total. The molecule has 6 aliphatic rings. The molecule has 8 nitrogen and oxygen atoms in total. The summed E-state index contributed by atoms with van der Waals surface area (Å²) in [6.45, 7) is 5.03. The molecule has 8 heteroatoms. The normalized spacial score (nSPS) is 34.8. The number of amides is 2. The fourth-order valence-electron chi connectivity index (χ4n) is 12.2. The van der Waals surface area contributed by atoms with E-state index < -0.39 is 27.9 Å². The van der Waals surface area contributed by atoms with Gasteiger partial charge in [-0.05, 0) is 115 Å². The van der Waals surface area contributed by atoms with Gasteiger partial charge in [-0.25, -0.2) is 4.79 Å². The van der Waals surface area contributed by atoms with Gasteiger partial charge in [0.15, 0.2) is 5.76 Å². The minimum Gasteiger partial charge on any atom is -0.497 e. The highest BCUT2D eigenvalue weighted by Crippen LogP contribution is 2.78. The summed E-state index contributed by atoms with van der Waals surface area (Å²) in [6, 6.07) is 24.8. The van der Waals surface area contributed by atoms with E-state index in [9.17, 15) is 19.8 Å². The zero-order valence-corrected chi connectivity index (χ0v) is 31.4. The van der Waals surface area contributed by atoms with E-state index in [0.29, 0.717) is 43.0 Å². The molecule has 280 valence electrons. The molecular weight excluding hydrogens is 677 g/mol. The number of ketones is 1. The number of hydrogen-bond acceptors (Lipinski definition) is 6. The van der Waals surface area contributed by atoms with Gasteiger partial charge in [-0.2, -0.15) is 0 Å². The monoisotopic (exact) mass is 726 g/mol. The molecule has 4 aromatic rings. The molecule has 0 radical (unpaired) electrons. The lowest BCUT2D eigenvalue weighted by molar-refractivity contribution is -0.174. The summed E-state index contributed by atoms with van der Waals surface area (Å²) in [5, 5.41) is 29.5. The van der Waals surface area contributed by atoms with Crippen molar-refractivity contribution in [3.8, 4) is 5.75 Å². The van der Waals surface area contributed by atoms with Gasteiger partial charge in [0.2, 0.25) is 5.78 Å². The molecule has 1 aromatic heterocycles. The van der Waals surface area contributed by atoms with E-state index in [4.69, 9.17) is 9.15 Å². The summed E-state index contributed by atoms with van der Waals surface area (Å²) in [5.74, 6) is 1.02. The smallest absolute Gasteiger partial charge is 0.322 e. The second kappa shape index (κ2) is 12.4. The Balaban J connectivity index is 1.11. The Bertz CT molecular complexity index is 2170. The summed E-state index contributed by atoms with van der Waals surface area (Å²) >= 11 is 0. The molecule has 1 heterocycles. The highest BCUT2D eigenvalue weighted by Gasteiger charge is 2.74. The number of aliphatic hydroxyl groups excluding tert-OH is 1. The van der Waals surface area contributed by atoms with Gasteiger partial charge in [0.05, 0.1) is 31.6 Å². The summed E-state index contributed by atoms with van der Waals surface area (Å²) in [4.78, 5) is 30.8. The largest absolute Gasteiger partial charge is 0.497 e. The van der Waals surface area contributed by atoms with Crippen LogP contribution in [0.2, 0.25) is 0 Å². The standard InChI is InChI=1S/C46H50N2O6/c1-42-20-17-33(49)26-44(42)23-24-46(36(27-44)40(50)37-12-7-25-54-37)38(42)18-21-43(2)39(46)19-22-45(43,52)29-48(41(51)47-32-13-15-34(53-3)16-14-32)28-31-10-6-9-30-8-4-5-11-35(30)31/h4-16,23-25,27,33,38-39,49,52H,17-22,26,28-29H2,1-3H3,(H,47,51). The molecule has 8 atom stereocenters. The van der Waals surface area contributed by atoms with Gasteiger partial charge in [-0.3, -0.25) is 4.79 Å². The molecule has 3 saturated carbocycles. The van der Waals surface area contributed by atoms with Crippen molar-refractivity contribution in [1.29, 1.82) is 0 Å². The number of allylic oxidation sites excluding steroid dienone is 4. The van der Waals surface area contributed by atoms with Crippen molar-refractivity contribution >= 4 is 28.3 Å². The first-order valence-electron chi connectivity index (χ1n) is 19.5. The number of nitrogens with one attached hydrogen (secondary N) is 1. The Hall–Kier alpha value is -4.66. The van der Waals surface area contributed by atoms with E-state index in [1.165, 1.54) is 0 Å². The number of furan rings is 1. The number of ether oxygens (including phenoxy) is 1. The maximum Gasteiger partial charge on any atom is 0.322 e. The Morgan fingerprint density at radius 1 is 0.889 bits per heavy atom. The van der Waals surface area contributed by atoms with E-state index in [1.54, 1.807) is 30.4 Å². The van der Waals surface area contributed by atoms with Crippen molar-refractivity contribution in [2.75, 3.05) is 19.0 Å². The lowest BCUT2D eigenvalue weighted by atomic mass is 9.32. The third-order valence-corrected chi connectivity index (χ3v) is 15.0. The second-order valence-electron chi connectivity index (χ2n) is 17.3. The van der Waals surface area contributed by atoms with Crippen LogP contribution in [0, 0.1) is 33.5 Å². The van der Waals surface area contributed by atoms with Crippen molar-refractivity contribution in [2.24, 2.45) is 33.5 Å². The van der Waals surface area contributed by atoms with Crippen molar-refractivity contribution in [2.45, 2.75) is 77.0 Å². The third-order valence-electron chi connectivity index (χ3n) is 15.0. The number of urea groups is 1. The topological polar surface area (TPSA) is 112 Å². The van der Waals surface area contributed by atoms with Gasteiger partial charge in [0.1, 0.15) is 5.75 Å². The lowest BCUT2D eigenvalue weighted by Crippen LogP contribution is -2.67. The van der Waals surface area contributed by atoms with E-state index in [2.05, 4.69) is 61.7 Å². The highest BCUT2D eigenvalue weighted by molar-refractivity contribution is 6.08. The van der Waals surface area contributed by atoms with Gasteiger partial charge in [0, 0.05) is 34.1 Å². The van der Waals surface area contributed by atoms with Crippen LogP contribution in [-0.4, -0.2) is 52.3 Å². The van der Waals surface area contributed by atoms with Crippen molar-refractivity contribution in [3.05, 3.63) is 120 Å². The zero-order valence-electron chi connectivity index (χ0n) is 31.4. The van der Waals surface area contributed by atoms with Gasteiger partial charge in [-0.15, -0.1) is 0 Å². The van der Waals surface area contributed by atoms with Crippen LogP contribution in [0.5, 0.6) is 5.75 Å². The molecule has 3 fully saturated rings. The zero-order chi connectivity index (χ0) is 37.5. The first kappa shape index (κ1) is 35.1. The van der Waals surface area contributed by atoms with Gasteiger partial charge < -0.3 is 29.6 Å². The SMILES string of the molecule is COc1ccc(NC(=O)N(Cc2cccc3ccccc23)CC2(O)CCC3C45C=CC6(C=C4C(=O)c4ccco4)CC(O)CCC6(C)C5CCC32C)cc1. The molecule has 6 aliphatic carbocycles. The fourth-order valence-corrected chi connectivity index (χ4v) is 12.2. The van der Waals surface area contributed by atoms with Crippen LogP contribution in [0.15, 0.2) is 113 Å². The van der Waals surface area contributed by atoms with Crippen LogP contribution in [0.25, 0.3) is 10.8 Å². The Morgan fingerprint density at radius 2 is 1.63 bits per heavy atom. The van der Waals surface area contributed by atoms with Crippen LogP contribution in [0.1, 0.15) is 74.9 Å². The van der Waals surface area contributed by atoms with Crippen molar-refractivity contribution < 1.29 is 29.0 Å². The number of methoxy groups -OCH3 is 1. The molecule has 54 heavy (non-hydrogen) atoms. The fraction of sp³-hybridized carbons (Fsp3) is 0.435. The van der Waals surface area contributed by atoms with Crippen molar-refractivity contribution in [1.82, 2.24) is 4.90 Å². The molecule has 0 saturated heterocycles. The van der Waals surface area contributed by atoms with Gasteiger partial charge in [-0.1, -0.05) is 74.5 Å². The van der Waals surface area contributed by atoms with Crippen LogP contribution in [0.3, 0.4) is 0 Å². The maximum absolute atomic E-state index is 14.6. The van der Waals surface area contributed by atoms with E-state index in [-0.39, 0.29) is 35.6 Å². The highest BCUT2D eigenvalue weighted by atomic mass is 16.5. The van der Waals surface area contributed by atoms with E-state index >= 15 is 0 Å². The predicted octanol–water partition coefficient (Wildman–Crippen LogP) is 8.95. The average molecular weight is 727 g/mol. The number of fused-ring (bicyclic) bond motifs is 2. The molecule has 8 unspecified atom stereocenters. The molecule has 2 bridgehead atoms. The molecule has 2 spiro atoms. The quantitative estimate of drug-likeness (QED) is 0.124. The lowest BCUT2D eigenvalue weighted by Gasteiger charge is -2.71. The first-order valence-corrected chi connectivity index (χ1v) is 19.5. The van der Waals surface area contributed by atoms with E-state index in [1.807, 2.05) is 42.5 Å². The number of Topliss-reactive ketones (excluding diaryl/α,β-unsaturated/α-hetero) is 1. The maximum atomic E-state index is 14.6. The molecular formula is C46H50N2O6. The van der Waals surface area contributed by atoms with Crippen LogP contribution < -0.4 is 10.1 Å². The number of hydrogen-bond donors (Lipinski definition) is 3. The van der Waals surface area contributed by atoms with Crippen LogP contribution in [-0.2, 0) is 6.54 Å². The summed E-state index contributed by atoms with van der Waals surface area (Å²) in [5.41, 5.74) is -0.643. The summed E-state index contributed by atoms with van der Waals surface area (Å²) in [7, 11) is 1.61. The third kappa shape index (κ3) is 4.95. The summed E-state index contributed by atoms with van der Waals surface area (Å²) in [6.07, 6.45) is 13.0. The molecule has 2 amide bonds. The number of carbonyl (C=O) groups is 2. The minimum atomic E-state index is -1.23. The minimum absolute atomic E-state index is 0.0545. The Labute approximate surface area is 316 Å². The average Bonchev–Trinajstić information content (AvgIpc) is 3.81. The molecule has 10 rings (SSSR count). The first-order chi connectivity index (χ1) is 26.0. The van der Waals surface area contributed by atoms with Crippen LogP contribution in [0.4, 0.5) is 10.5 Å².